The second-order valence-corrected chi connectivity index (χ2v) is 5.10. The van der Waals surface area contributed by atoms with E-state index in [4.69, 9.17) is 0 Å². The number of benzene rings is 1. The normalized spacial score (nSPS) is 11.8. The van der Waals surface area contributed by atoms with E-state index in [0.29, 0.717) is 0 Å². The molecule has 1 aromatic rings. The van der Waals surface area contributed by atoms with Crippen LogP contribution in [0.15, 0.2) is 18.2 Å². The highest BCUT2D eigenvalue weighted by molar-refractivity contribution is 5.38. The van der Waals surface area contributed by atoms with Gasteiger partial charge in [-0.15, -0.1) is 0 Å². The van der Waals surface area contributed by atoms with E-state index < -0.39 is 0 Å². The Morgan fingerprint density at radius 3 is 2.29 bits per heavy atom. The van der Waals surface area contributed by atoms with E-state index in [0.717, 1.165) is 0 Å². The van der Waals surface area contributed by atoms with Gasteiger partial charge in [-0.2, -0.15) is 0 Å². The Bertz CT molecular complexity index is 302. The van der Waals surface area contributed by atoms with E-state index in [2.05, 4.69) is 52.8 Å². The van der Waals surface area contributed by atoms with Crippen LogP contribution in [0.2, 0.25) is 0 Å². The Hall–Kier alpha value is -0.780. The second-order valence-electron chi connectivity index (χ2n) is 5.10. The Balaban J connectivity index is 3.21. The van der Waals surface area contributed by atoms with Crippen LogP contribution in [0.25, 0.3) is 0 Å². The molecule has 1 rings (SSSR count). The van der Waals surface area contributed by atoms with Gasteiger partial charge in [-0.25, -0.2) is 0 Å². The summed E-state index contributed by atoms with van der Waals surface area (Å²) in [6, 6.07) is 6.67. The molecule has 14 heavy (non-hydrogen) atoms. The fourth-order valence-electron chi connectivity index (χ4n) is 1.99. The summed E-state index contributed by atoms with van der Waals surface area (Å²) in [6.45, 7) is 11.3. The highest BCUT2D eigenvalue weighted by atomic mass is 14.2. The minimum absolute atomic E-state index is 0.274. The second kappa shape index (κ2) is 4.16. The van der Waals surface area contributed by atoms with E-state index in [-0.39, 0.29) is 5.41 Å². The zero-order valence-electron chi connectivity index (χ0n) is 10.1. The van der Waals surface area contributed by atoms with Crippen molar-refractivity contribution >= 4 is 0 Å². The quantitative estimate of drug-likeness (QED) is 0.654. The van der Waals surface area contributed by atoms with Crippen molar-refractivity contribution in [2.75, 3.05) is 0 Å². The predicted octanol–water partition coefficient (Wildman–Crippen LogP) is 4.25. The van der Waals surface area contributed by atoms with Gasteiger partial charge in [0.05, 0.1) is 0 Å². The van der Waals surface area contributed by atoms with Crippen LogP contribution in [0.3, 0.4) is 0 Å². The van der Waals surface area contributed by atoms with E-state index in [9.17, 15) is 0 Å². The zero-order chi connectivity index (χ0) is 10.8. The van der Waals surface area contributed by atoms with Crippen molar-refractivity contribution in [3.8, 4) is 0 Å². The number of hydrogen-bond acceptors (Lipinski definition) is 0. The number of hydrogen-bond donors (Lipinski definition) is 0. The van der Waals surface area contributed by atoms with Crippen LogP contribution in [0.5, 0.6) is 0 Å². The van der Waals surface area contributed by atoms with Crippen molar-refractivity contribution < 1.29 is 0 Å². The summed E-state index contributed by atoms with van der Waals surface area (Å²) in [6.07, 6.45) is 2.44. The molecule has 0 saturated heterocycles. The Morgan fingerprint density at radius 2 is 1.79 bits per heavy atom. The van der Waals surface area contributed by atoms with Crippen molar-refractivity contribution in [2.45, 2.75) is 52.9 Å². The molecule has 0 aliphatic rings. The Kier molecular flexibility index (Phi) is 3.36. The molecule has 0 heteroatoms. The first-order valence-corrected chi connectivity index (χ1v) is 5.55. The third-order valence-electron chi connectivity index (χ3n) is 2.72. The summed E-state index contributed by atoms with van der Waals surface area (Å²) in [4.78, 5) is 0. The van der Waals surface area contributed by atoms with Gasteiger partial charge in [0.2, 0.25) is 0 Å². The lowest BCUT2D eigenvalue weighted by molar-refractivity contribution is 0.580. The fraction of sp³-hybridized carbons (Fsp3) is 0.571. The summed E-state index contributed by atoms with van der Waals surface area (Å²) in [5, 5.41) is 0. The lowest BCUT2D eigenvalue weighted by atomic mass is 9.81. The minimum atomic E-state index is 0.274. The number of aryl methyl sites for hydroxylation is 1. The van der Waals surface area contributed by atoms with Crippen molar-refractivity contribution in [1.82, 2.24) is 0 Å². The molecule has 0 heterocycles. The molecule has 0 bridgehead atoms. The molecule has 1 aromatic carbocycles. The van der Waals surface area contributed by atoms with E-state index >= 15 is 0 Å². The maximum atomic E-state index is 2.29. The topological polar surface area (TPSA) is 0 Å². The standard InChI is InChI=1S/C14H22/c1-6-8-12-11(2)9-7-10-13(12)14(3,4)5/h7,9-10H,6,8H2,1-5H3. The molecule has 0 fully saturated rings. The van der Waals surface area contributed by atoms with Gasteiger partial charge >= 0.3 is 0 Å². The molecule has 0 atom stereocenters. The minimum Gasteiger partial charge on any atom is -0.0651 e. The van der Waals surface area contributed by atoms with Crippen molar-refractivity contribution in [3.05, 3.63) is 34.9 Å². The first kappa shape index (κ1) is 11.3. The van der Waals surface area contributed by atoms with Crippen LogP contribution < -0.4 is 0 Å². The van der Waals surface area contributed by atoms with Crippen molar-refractivity contribution in [2.24, 2.45) is 0 Å². The maximum Gasteiger partial charge on any atom is -0.0129 e. The van der Waals surface area contributed by atoms with Gasteiger partial charge in [-0.1, -0.05) is 52.3 Å². The molecule has 0 N–H and O–H groups in total. The molecule has 0 radical (unpaired) electrons. The van der Waals surface area contributed by atoms with Crippen molar-refractivity contribution in [3.63, 3.8) is 0 Å². The molecule has 0 unspecified atom stereocenters. The zero-order valence-corrected chi connectivity index (χ0v) is 10.1. The van der Waals surface area contributed by atoms with Gasteiger partial charge in [0.25, 0.3) is 0 Å². The average Bonchev–Trinajstić information content (AvgIpc) is 2.07. The maximum absolute atomic E-state index is 2.29. The summed E-state index contributed by atoms with van der Waals surface area (Å²) in [7, 11) is 0. The molecule has 0 spiro atoms. The van der Waals surface area contributed by atoms with Crippen LogP contribution in [0.4, 0.5) is 0 Å². The van der Waals surface area contributed by atoms with Gasteiger partial charge in [0.15, 0.2) is 0 Å². The van der Waals surface area contributed by atoms with Crippen LogP contribution >= 0.6 is 0 Å². The van der Waals surface area contributed by atoms with Crippen LogP contribution in [0.1, 0.15) is 50.8 Å². The summed E-state index contributed by atoms with van der Waals surface area (Å²) < 4.78 is 0. The summed E-state index contributed by atoms with van der Waals surface area (Å²) in [5.74, 6) is 0. The monoisotopic (exact) mass is 190 g/mol. The molecule has 0 aliphatic heterocycles. The first-order chi connectivity index (χ1) is 6.46. The highest BCUT2D eigenvalue weighted by Gasteiger charge is 2.17. The third kappa shape index (κ3) is 2.37. The van der Waals surface area contributed by atoms with Crippen LogP contribution in [0, 0.1) is 6.92 Å². The molecule has 0 saturated carbocycles. The van der Waals surface area contributed by atoms with E-state index in [1.807, 2.05) is 0 Å². The van der Waals surface area contributed by atoms with Gasteiger partial charge in [0, 0.05) is 0 Å². The highest BCUT2D eigenvalue weighted by Crippen LogP contribution is 2.28. The Morgan fingerprint density at radius 1 is 1.14 bits per heavy atom. The molecule has 0 nitrogen and oxygen atoms in total. The largest absolute Gasteiger partial charge is 0.0651 e. The van der Waals surface area contributed by atoms with Crippen LogP contribution in [-0.2, 0) is 11.8 Å². The van der Waals surface area contributed by atoms with Gasteiger partial charge < -0.3 is 0 Å². The fourth-order valence-corrected chi connectivity index (χ4v) is 1.99. The lowest BCUT2D eigenvalue weighted by Gasteiger charge is -2.24. The molecule has 0 aliphatic carbocycles. The van der Waals surface area contributed by atoms with Gasteiger partial charge in [-0.05, 0) is 35.4 Å². The van der Waals surface area contributed by atoms with Crippen molar-refractivity contribution in [1.29, 1.82) is 0 Å². The molecule has 78 valence electrons. The smallest absolute Gasteiger partial charge is 0.0129 e. The molecular weight excluding hydrogens is 168 g/mol. The van der Waals surface area contributed by atoms with Crippen LogP contribution in [-0.4, -0.2) is 0 Å². The SMILES string of the molecule is CCCc1c(C)cccc1C(C)(C)C. The summed E-state index contributed by atoms with van der Waals surface area (Å²) in [5.41, 5.74) is 4.79. The predicted molar refractivity (Wildman–Crippen MR) is 63.9 cm³/mol. The van der Waals surface area contributed by atoms with E-state index in [1.54, 1.807) is 5.56 Å². The molecule has 0 aromatic heterocycles. The lowest BCUT2D eigenvalue weighted by Crippen LogP contribution is -2.15. The third-order valence-corrected chi connectivity index (χ3v) is 2.72. The Labute approximate surface area is 88.4 Å². The van der Waals surface area contributed by atoms with Gasteiger partial charge in [0.1, 0.15) is 0 Å². The van der Waals surface area contributed by atoms with E-state index in [1.165, 1.54) is 24.0 Å². The first-order valence-electron chi connectivity index (χ1n) is 5.55. The van der Waals surface area contributed by atoms with Gasteiger partial charge in [-0.3, -0.25) is 0 Å². The summed E-state index contributed by atoms with van der Waals surface area (Å²) >= 11 is 0. The molecular formula is C14H22. The number of rotatable bonds is 2. The average molecular weight is 190 g/mol. The molecule has 0 amide bonds.